The number of imide groups is 1. The van der Waals surface area contributed by atoms with Crippen molar-refractivity contribution in [3.8, 4) is 5.69 Å². The molecule has 2 aromatic carbocycles. The highest BCUT2D eigenvalue weighted by Gasteiger charge is 2.36. The van der Waals surface area contributed by atoms with Crippen LogP contribution in [0.4, 0.5) is 23.9 Å². The number of aliphatic carboxylic acids is 1. The molecule has 274 valence electrons. The van der Waals surface area contributed by atoms with Crippen LogP contribution in [0.25, 0.3) is 5.69 Å². The number of amides is 3. The third-order valence-electron chi connectivity index (χ3n) is 7.80. The molecular formula is C34H31BrF3N5O9. The summed E-state index contributed by atoms with van der Waals surface area (Å²) < 4.78 is 51.0. The number of benzene rings is 2. The molecule has 0 saturated heterocycles. The van der Waals surface area contributed by atoms with Gasteiger partial charge in [0.05, 0.1) is 23.5 Å². The number of aromatic nitrogens is 2. The lowest BCUT2D eigenvalue weighted by Crippen LogP contribution is -2.46. The summed E-state index contributed by atoms with van der Waals surface area (Å²) in [5.74, 6) is -3.89. The number of alkyl halides is 3. The summed E-state index contributed by atoms with van der Waals surface area (Å²) in [6.07, 6.45) is -3.13. The number of carboxylic acid groups (broad SMARTS) is 1. The molecule has 4 rings (SSSR count). The van der Waals surface area contributed by atoms with Crippen LogP contribution in [0.15, 0.2) is 76.5 Å². The Balaban J connectivity index is 1.59. The smallest absolute Gasteiger partial charge is 0.419 e. The molecule has 0 radical (unpaired) electrons. The van der Waals surface area contributed by atoms with Crippen LogP contribution in [0.1, 0.15) is 51.4 Å². The molecule has 0 bridgehead atoms. The van der Waals surface area contributed by atoms with Crippen LogP contribution in [0.3, 0.4) is 0 Å². The van der Waals surface area contributed by atoms with Crippen LogP contribution in [0.2, 0.25) is 0 Å². The zero-order valence-corrected chi connectivity index (χ0v) is 29.4. The number of esters is 1. The molecule has 2 heterocycles. The zero-order chi connectivity index (χ0) is 38.5. The number of nitrogens with one attached hydrogen (secondary N) is 1. The monoisotopic (exact) mass is 789 g/mol. The second-order valence-corrected chi connectivity index (χ2v) is 12.3. The van der Waals surface area contributed by atoms with Gasteiger partial charge in [0.15, 0.2) is 0 Å². The van der Waals surface area contributed by atoms with E-state index in [1.165, 1.54) is 39.8 Å². The molecule has 0 fully saturated rings. The lowest BCUT2D eigenvalue weighted by atomic mass is 9.98. The number of hydrogen-bond donors (Lipinski definition) is 2. The van der Waals surface area contributed by atoms with Crippen LogP contribution < -0.4 is 10.9 Å². The number of carbonyl (C=O) groups is 5. The summed E-state index contributed by atoms with van der Waals surface area (Å²) in [7, 11) is 1.11. The molecule has 2 atom stereocenters. The fourth-order valence-electron chi connectivity index (χ4n) is 5.02. The van der Waals surface area contributed by atoms with Crippen LogP contribution in [-0.2, 0) is 38.2 Å². The van der Waals surface area contributed by atoms with Gasteiger partial charge in [-0.15, -0.1) is 6.58 Å². The van der Waals surface area contributed by atoms with Crippen LogP contribution >= 0.6 is 15.9 Å². The summed E-state index contributed by atoms with van der Waals surface area (Å²) in [4.78, 5) is 81.4. The molecule has 0 unspecified atom stereocenters. The van der Waals surface area contributed by atoms with Crippen LogP contribution in [0.5, 0.6) is 0 Å². The highest BCUT2D eigenvalue weighted by Crippen LogP contribution is 2.36. The largest absolute Gasteiger partial charge is 0.478 e. The van der Waals surface area contributed by atoms with E-state index in [-0.39, 0.29) is 51.5 Å². The lowest BCUT2D eigenvalue weighted by molar-refractivity contribution is -0.146. The molecule has 0 aliphatic carbocycles. The standard InChI is InChI=1S/C34H31BrF3N5O9/c1-5-18(2)39-32-40-26-16-42(30(48)21-8-11-25(35)24(15-21)34(36,37)38)19(3)14-23(26)31(49)43(32)22-9-6-20(7-10-22)29(47)41(4)33(50)52-17-51-28(46)13-12-27(44)45/h5-13,15,18-19H,1,14,16-17H2,2-4H3,(H,39,40)(H,44,45)/b13-12+/t18-,19+/m0/s1. The van der Waals surface area contributed by atoms with Crippen molar-refractivity contribution in [2.45, 2.75) is 45.1 Å². The molecule has 1 aliphatic rings. The number of halogens is 4. The van der Waals surface area contributed by atoms with E-state index in [2.05, 4.69) is 37.5 Å². The Bertz CT molecular complexity index is 2010. The van der Waals surface area contributed by atoms with Crippen LogP contribution in [0, 0.1) is 0 Å². The second-order valence-electron chi connectivity index (χ2n) is 11.4. The fourth-order valence-corrected chi connectivity index (χ4v) is 5.49. The summed E-state index contributed by atoms with van der Waals surface area (Å²) in [5, 5.41) is 11.6. The molecule has 3 amide bonds. The predicted octanol–water partition coefficient (Wildman–Crippen LogP) is 4.94. The van der Waals surface area contributed by atoms with Gasteiger partial charge in [0.1, 0.15) is 0 Å². The van der Waals surface area contributed by atoms with Gasteiger partial charge in [-0.3, -0.25) is 14.4 Å². The number of nitrogens with zero attached hydrogens (tertiary/aromatic N) is 4. The van der Waals surface area contributed by atoms with E-state index >= 15 is 0 Å². The third kappa shape index (κ3) is 8.92. The number of rotatable bonds is 10. The second kappa shape index (κ2) is 16.1. The molecule has 1 aromatic heterocycles. The maximum absolute atomic E-state index is 14.0. The molecule has 18 heteroatoms. The van der Waals surface area contributed by atoms with Gasteiger partial charge >= 0.3 is 24.2 Å². The van der Waals surface area contributed by atoms with Gasteiger partial charge in [0, 0.05) is 52.4 Å². The number of fused-ring (bicyclic) bond motifs is 1. The fraction of sp³-hybridized carbons (Fsp3) is 0.265. The van der Waals surface area contributed by atoms with Gasteiger partial charge in [-0.05, 0) is 62.7 Å². The highest BCUT2D eigenvalue weighted by atomic mass is 79.9. The Morgan fingerprint density at radius 1 is 1.12 bits per heavy atom. The van der Waals surface area contributed by atoms with Crippen molar-refractivity contribution in [3.63, 3.8) is 0 Å². The van der Waals surface area contributed by atoms with E-state index in [4.69, 9.17) is 9.84 Å². The van der Waals surface area contributed by atoms with Gasteiger partial charge in [-0.2, -0.15) is 13.2 Å². The molecule has 1 aliphatic heterocycles. The topological polar surface area (TPSA) is 177 Å². The van der Waals surface area contributed by atoms with Crippen LogP contribution in [-0.4, -0.2) is 80.2 Å². The van der Waals surface area contributed by atoms with E-state index in [0.29, 0.717) is 17.1 Å². The Labute approximate surface area is 302 Å². The minimum absolute atomic E-state index is 0.0157. The van der Waals surface area contributed by atoms with E-state index < -0.39 is 66.0 Å². The third-order valence-corrected chi connectivity index (χ3v) is 8.49. The molecule has 3 aromatic rings. The number of carboxylic acids is 1. The van der Waals surface area contributed by atoms with Gasteiger partial charge in [-0.25, -0.2) is 28.8 Å². The van der Waals surface area contributed by atoms with Crippen molar-refractivity contribution < 1.29 is 51.7 Å². The van der Waals surface area contributed by atoms with Gasteiger partial charge < -0.3 is 24.8 Å². The average Bonchev–Trinajstić information content (AvgIpc) is 3.09. The molecule has 14 nitrogen and oxygen atoms in total. The van der Waals surface area contributed by atoms with E-state index in [0.717, 1.165) is 19.2 Å². The first-order chi connectivity index (χ1) is 24.4. The maximum Gasteiger partial charge on any atom is 0.419 e. The van der Waals surface area contributed by atoms with Crippen molar-refractivity contribution in [1.82, 2.24) is 19.4 Å². The minimum Gasteiger partial charge on any atom is -0.478 e. The van der Waals surface area contributed by atoms with E-state index in [1.807, 2.05) is 0 Å². The van der Waals surface area contributed by atoms with E-state index in [1.54, 1.807) is 19.9 Å². The summed E-state index contributed by atoms with van der Waals surface area (Å²) in [6.45, 7) is 6.11. The first kappa shape index (κ1) is 39.0. The van der Waals surface area contributed by atoms with Gasteiger partial charge in [-0.1, -0.05) is 22.0 Å². The Hall–Kier alpha value is -5.78. The number of hydrogen-bond acceptors (Lipinski definition) is 10. The van der Waals surface area contributed by atoms with Crippen molar-refractivity contribution >= 4 is 51.7 Å². The van der Waals surface area contributed by atoms with Crippen molar-refractivity contribution in [3.05, 3.63) is 110 Å². The van der Waals surface area contributed by atoms with Crippen molar-refractivity contribution in [2.24, 2.45) is 0 Å². The summed E-state index contributed by atoms with van der Waals surface area (Å²) in [5.41, 5.74) is -0.847. The quantitative estimate of drug-likeness (QED) is 0.123. The first-order valence-electron chi connectivity index (χ1n) is 15.3. The minimum atomic E-state index is -4.69. The molecule has 52 heavy (non-hydrogen) atoms. The van der Waals surface area contributed by atoms with Crippen molar-refractivity contribution in [1.29, 1.82) is 0 Å². The zero-order valence-electron chi connectivity index (χ0n) is 27.8. The normalized spacial score (nSPS) is 14.6. The number of ether oxygens (including phenoxy) is 2. The van der Waals surface area contributed by atoms with E-state index in [9.17, 15) is 41.9 Å². The SMILES string of the molecule is C=C[C@H](C)Nc1nc2c(c(=O)n1-c1ccc(C(=O)N(C)C(=O)OCOC(=O)/C=C/C(=O)O)cc1)C[C@@H](C)N(C(=O)c1ccc(Br)c(C(F)(F)F)c1)C2. The number of anilines is 1. The highest BCUT2D eigenvalue weighted by molar-refractivity contribution is 9.10. The molecule has 0 spiro atoms. The van der Waals surface area contributed by atoms with Gasteiger partial charge in [0.2, 0.25) is 12.7 Å². The predicted molar refractivity (Wildman–Crippen MR) is 182 cm³/mol. The Kier molecular flexibility index (Phi) is 12.0. The molecule has 2 N–H and O–H groups in total. The Morgan fingerprint density at radius 3 is 2.38 bits per heavy atom. The summed E-state index contributed by atoms with van der Waals surface area (Å²) >= 11 is 2.88. The average molecular weight is 791 g/mol. The lowest BCUT2D eigenvalue weighted by Gasteiger charge is -2.35. The Morgan fingerprint density at radius 2 is 1.77 bits per heavy atom. The number of carbonyl (C=O) groups excluding carboxylic acids is 4. The van der Waals surface area contributed by atoms with Gasteiger partial charge in [0.25, 0.3) is 17.4 Å². The maximum atomic E-state index is 14.0. The summed E-state index contributed by atoms with van der Waals surface area (Å²) in [6, 6.07) is 7.80. The first-order valence-corrected chi connectivity index (χ1v) is 16.1. The van der Waals surface area contributed by atoms with Crippen molar-refractivity contribution in [2.75, 3.05) is 19.2 Å². The molecule has 0 saturated carbocycles. The molecular weight excluding hydrogens is 759 g/mol.